The normalized spacial score (nSPS) is 30.8. The van der Waals surface area contributed by atoms with Crippen LogP contribution in [0.25, 0.3) is 0 Å². The Labute approximate surface area is 49.7 Å². The van der Waals surface area contributed by atoms with Crippen molar-refractivity contribution < 1.29 is 6.22 Å². The van der Waals surface area contributed by atoms with Gasteiger partial charge in [0.2, 0.25) is 5.91 Å². The summed E-state index contributed by atoms with van der Waals surface area (Å²) in [6, 6.07) is 0. The first-order valence-electron chi connectivity index (χ1n) is 3.08. The second-order valence-electron chi connectivity index (χ2n) is 2.95. The molecule has 2 heteroatoms. The van der Waals surface area contributed by atoms with E-state index in [1.54, 1.807) is 0 Å². The van der Waals surface area contributed by atoms with Crippen LogP contribution in [0.15, 0.2) is 0 Å². The average Bonchev–Trinajstić information content (AvgIpc) is 2.34. The van der Waals surface area contributed by atoms with E-state index >= 15 is 0 Å². The molecular formula is C6H11NO. The quantitative estimate of drug-likeness (QED) is 0.488. The second-order valence-corrected chi connectivity index (χ2v) is 2.95. The SMILES string of the molecule is O=C1CC2(CC2)CN1.[HH]. The molecule has 1 heterocycles. The maximum absolute atomic E-state index is 10.6. The van der Waals surface area contributed by atoms with Gasteiger partial charge in [0.1, 0.15) is 0 Å². The lowest BCUT2D eigenvalue weighted by Crippen LogP contribution is -2.13. The van der Waals surface area contributed by atoms with Gasteiger partial charge in [0.05, 0.1) is 0 Å². The van der Waals surface area contributed by atoms with Gasteiger partial charge >= 0.3 is 0 Å². The first-order chi connectivity index (χ1) is 3.81. The summed E-state index contributed by atoms with van der Waals surface area (Å²) >= 11 is 0. The summed E-state index contributed by atoms with van der Waals surface area (Å²) in [5, 5.41) is 2.83. The van der Waals surface area contributed by atoms with Crippen molar-refractivity contribution in [3.05, 3.63) is 0 Å². The Bertz CT molecular complexity index is 142. The Hall–Kier alpha value is -0.530. The van der Waals surface area contributed by atoms with E-state index in [1.165, 1.54) is 12.8 Å². The van der Waals surface area contributed by atoms with Crippen LogP contribution in [0.5, 0.6) is 0 Å². The minimum atomic E-state index is 0. The molecular weight excluding hydrogens is 102 g/mol. The van der Waals surface area contributed by atoms with E-state index in [0.29, 0.717) is 5.41 Å². The highest BCUT2D eigenvalue weighted by Crippen LogP contribution is 2.50. The molecule has 1 aliphatic heterocycles. The molecule has 2 fully saturated rings. The minimum Gasteiger partial charge on any atom is -0.356 e. The van der Waals surface area contributed by atoms with Crippen molar-refractivity contribution in [1.29, 1.82) is 0 Å². The van der Waals surface area contributed by atoms with Crippen LogP contribution in [-0.4, -0.2) is 12.5 Å². The third-order valence-corrected chi connectivity index (χ3v) is 2.15. The predicted octanol–water partition coefficient (Wildman–Crippen LogP) is 0.532. The largest absolute Gasteiger partial charge is 0.356 e. The smallest absolute Gasteiger partial charge is 0.220 e. The summed E-state index contributed by atoms with van der Waals surface area (Å²) in [6.07, 6.45) is 3.34. The molecule has 46 valence electrons. The zero-order valence-electron chi connectivity index (χ0n) is 4.74. The number of nitrogens with one attached hydrogen (secondary N) is 1. The molecule has 1 aliphatic carbocycles. The zero-order chi connectivity index (χ0) is 5.61. The van der Waals surface area contributed by atoms with Gasteiger partial charge in [0.15, 0.2) is 0 Å². The molecule has 1 saturated carbocycles. The third-order valence-electron chi connectivity index (χ3n) is 2.15. The molecule has 0 atom stereocenters. The van der Waals surface area contributed by atoms with Crippen molar-refractivity contribution in [2.24, 2.45) is 5.41 Å². The van der Waals surface area contributed by atoms with E-state index in [2.05, 4.69) is 5.32 Å². The summed E-state index contributed by atoms with van der Waals surface area (Å²) < 4.78 is 0. The molecule has 8 heavy (non-hydrogen) atoms. The highest BCUT2D eigenvalue weighted by molar-refractivity contribution is 5.79. The summed E-state index contributed by atoms with van der Waals surface area (Å²) in [5.41, 5.74) is 0.455. The van der Waals surface area contributed by atoms with Gasteiger partial charge in [-0.3, -0.25) is 4.79 Å². The molecule has 2 rings (SSSR count). The molecule has 0 bridgehead atoms. The number of rotatable bonds is 0. The van der Waals surface area contributed by atoms with Gasteiger partial charge in [-0.2, -0.15) is 0 Å². The lowest BCUT2D eigenvalue weighted by Gasteiger charge is -1.95. The molecule has 0 unspecified atom stereocenters. The Morgan fingerprint density at radius 1 is 1.62 bits per heavy atom. The summed E-state index contributed by atoms with van der Waals surface area (Å²) in [4.78, 5) is 10.6. The Morgan fingerprint density at radius 2 is 2.38 bits per heavy atom. The molecule has 2 nitrogen and oxygen atoms in total. The number of carbonyl (C=O) groups excluding carboxylic acids is 1. The lowest BCUT2D eigenvalue weighted by atomic mass is 10.1. The van der Waals surface area contributed by atoms with Gasteiger partial charge in [-0.05, 0) is 18.3 Å². The third kappa shape index (κ3) is 0.457. The van der Waals surface area contributed by atoms with Gasteiger partial charge in [0.25, 0.3) is 0 Å². The minimum absolute atomic E-state index is 0. The number of hydrogen-bond acceptors (Lipinski definition) is 1. The lowest BCUT2D eigenvalue weighted by molar-refractivity contribution is -0.119. The Kier molecular flexibility index (Phi) is 0.581. The predicted molar refractivity (Wildman–Crippen MR) is 31.4 cm³/mol. The highest BCUT2D eigenvalue weighted by Gasteiger charge is 2.48. The van der Waals surface area contributed by atoms with Crippen LogP contribution < -0.4 is 5.32 Å². The van der Waals surface area contributed by atoms with E-state index in [0.717, 1.165) is 13.0 Å². The van der Waals surface area contributed by atoms with Gasteiger partial charge < -0.3 is 5.32 Å². The number of hydrogen-bond donors (Lipinski definition) is 1. The van der Waals surface area contributed by atoms with Gasteiger partial charge in [0, 0.05) is 14.4 Å². The summed E-state index contributed by atoms with van der Waals surface area (Å²) in [7, 11) is 0. The Balaban J connectivity index is 0.000000405. The zero-order valence-corrected chi connectivity index (χ0v) is 4.74. The summed E-state index contributed by atoms with van der Waals surface area (Å²) in [6.45, 7) is 0.950. The van der Waals surface area contributed by atoms with Crippen molar-refractivity contribution in [3.63, 3.8) is 0 Å². The Morgan fingerprint density at radius 3 is 2.62 bits per heavy atom. The van der Waals surface area contributed by atoms with E-state index < -0.39 is 0 Å². The fraction of sp³-hybridized carbons (Fsp3) is 0.833. The molecule has 0 aromatic rings. The van der Waals surface area contributed by atoms with E-state index in [1.807, 2.05) is 0 Å². The molecule has 2 aliphatic rings. The monoisotopic (exact) mass is 113 g/mol. The van der Waals surface area contributed by atoms with E-state index in [4.69, 9.17) is 0 Å². The van der Waals surface area contributed by atoms with Crippen LogP contribution in [0.3, 0.4) is 0 Å². The molecule has 1 amide bonds. The first-order valence-corrected chi connectivity index (χ1v) is 3.08. The van der Waals surface area contributed by atoms with Crippen LogP contribution in [-0.2, 0) is 4.79 Å². The molecule has 0 radical (unpaired) electrons. The van der Waals surface area contributed by atoms with Crippen LogP contribution in [0.2, 0.25) is 0 Å². The first kappa shape index (κ1) is 4.36. The van der Waals surface area contributed by atoms with Crippen molar-refractivity contribution in [2.75, 3.05) is 6.54 Å². The van der Waals surface area contributed by atoms with Crippen molar-refractivity contribution in [3.8, 4) is 0 Å². The van der Waals surface area contributed by atoms with Crippen LogP contribution in [0.1, 0.15) is 20.7 Å². The van der Waals surface area contributed by atoms with Gasteiger partial charge in [-0.15, -0.1) is 0 Å². The molecule has 0 aromatic heterocycles. The van der Waals surface area contributed by atoms with Gasteiger partial charge in [-0.25, -0.2) is 0 Å². The second kappa shape index (κ2) is 1.07. The van der Waals surface area contributed by atoms with E-state index in [-0.39, 0.29) is 7.33 Å². The molecule has 1 saturated heterocycles. The number of amides is 1. The summed E-state index contributed by atoms with van der Waals surface area (Å²) in [5.74, 6) is 0.252. The fourth-order valence-corrected chi connectivity index (χ4v) is 1.28. The maximum Gasteiger partial charge on any atom is 0.220 e. The van der Waals surface area contributed by atoms with Crippen molar-refractivity contribution in [2.45, 2.75) is 19.3 Å². The average molecular weight is 113 g/mol. The van der Waals surface area contributed by atoms with Crippen molar-refractivity contribution in [1.82, 2.24) is 5.32 Å². The van der Waals surface area contributed by atoms with Crippen LogP contribution in [0, 0.1) is 5.41 Å². The molecule has 0 aromatic carbocycles. The van der Waals surface area contributed by atoms with E-state index in [9.17, 15) is 4.79 Å². The van der Waals surface area contributed by atoms with Crippen molar-refractivity contribution >= 4 is 5.91 Å². The number of carbonyl (C=O) groups is 1. The van der Waals surface area contributed by atoms with Crippen LogP contribution in [0.4, 0.5) is 0 Å². The molecule has 1 N–H and O–H groups in total. The topological polar surface area (TPSA) is 29.1 Å². The maximum atomic E-state index is 10.6. The highest BCUT2D eigenvalue weighted by atomic mass is 16.1. The fourth-order valence-electron chi connectivity index (χ4n) is 1.28. The van der Waals surface area contributed by atoms with Gasteiger partial charge in [-0.1, -0.05) is 0 Å². The van der Waals surface area contributed by atoms with Crippen LogP contribution >= 0.6 is 0 Å². The standard InChI is InChI=1S/C6H9NO.H2/c8-5-3-6(1-2-6)4-7-5;/h1-4H2,(H,7,8);1H. The molecule has 1 spiro atoms.